The van der Waals surface area contributed by atoms with Crippen molar-refractivity contribution in [2.75, 3.05) is 38.6 Å². The molecule has 31 heavy (non-hydrogen) atoms. The molecule has 0 aliphatic carbocycles. The van der Waals surface area contributed by atoms with E-state index in [2.05, 4.69) is 44.2 Å². The lowest BCUT2D eigenvalue weighted by molar-refractivity contribution is 0.0483. The van der Waals surface area contributed by atoms with Crippen molar-refractivity contribution in [2.24, 2.45) is 5.92 Å². The Bertz CT molecular complexity index is 1010. The number of fused-ring (bicyclic) bond motifs is 1. The van der Waals surface area contributed by atoms with Crippen LogP contribution in [-0.4, -0.2) is 57.6 Å². The summed E-state index contributed by atoms with van der Waals surface area (Å²) in [5.41, 5.74) is 9.40. The molecule has 2 aliphatic rings. The summed E-state index contributed by atoms with van der Waals surface area (Å²) in [6.07, 6.45) is 6.37. The summed E-state index contributed by atoms with van der Waals surface area (Å²) in [4.78, 5) is 11.4. The number of likely N-dealkylation sites (tertiary alicyclic amines) is 1. The molecule has 0 bridgehead atoms. The highest BCUT2D eigenvalue weighted by atomic mass is 16.5. The van der Waals surface area contributed by atoms with Crippen LogP contribution in [0, 0.1) is 5.92 Å². The minimum absolute atomic E-state index is 0.319. The highest BCUT2D eigenvalue weighted by molar-refractivity contribution is 5.85. The van der Waals surface area contributed by atoms with Gasteiger partial charge in [0.2, 0.25) is 0 Å². The zero-order valence-electron chi connectivity index (χ0n) is 17.9. The molecule has 164 valence electrons. The predicted octanol–water partition coefficient (Wildman–Crippen LogP) is 2.86. The van der Waals surface area contributed by atoms with Crippen LogP contribution in [0.3, 0.4) is 0 Å². The predicted molar refractivity (Wildman–Crippen MR) is 119 cm³/mol. The Labute approximate surface area is 182 Å². The Balaban J connectivity index is 1.28. The number of hydrogen-bond acceptors (Lipinski definition) is 7. The van der Waals surface area contributed by atoms with E-state index in [1.54, 1.807) is 6.20 Å². The lowest BCUT2D eigenvalue weighted by Gasteiger charge is -2.21. The molecule has 2 fully saturated rings. The van der Waals surface area contributed by atoms with Crippen LogP contribution in [0.15, 0.2) is 30.5 Å². The smallest absolute Gasteiger partial charge is 0.320 e. The molecule has 2 saturated heterocycles. The monoisotopic (exact) mass is 422 g/mol. The summed E-state index contributed by atoms with van der Waals surface area (Å²) in [5.74, 6) is 0.873. The van der Waals surface area contributed by atoms with Gasteiger partial charge in [-0.1, -0.05) is 24.3 Å². The number of ether oxygens (including phenoxy) is 2. The molecule has 0 saturated carbocycles. The lowest BCUT2D eigenvalue weighted by atomic mass is 10.0. The van der Waals surface area contributed by atoms with Crippen molar-refractivity contribution < 1.29 is 9.47 Å². The van der Waals surface area contributed by atoms with Crippen LogP contribution in [0.2, 0.25) is 0 Å². The highest BCUT2D eigenvalue weighted by Gasteiger charge is 2.17. The second kappa shape index (κ2) is 9.20. The van der Waals surface area contributed by atoms with Crippen LogP contribution in [0.1, 0.15) is 36.8 Å². The Morgan fingerprint density at radius 1 is 1.00 bits per heavy atom. The average molecular weight is 423 g/mol. The van der Waals surface area contributed by atoms with Gasteiger partial charge in [0.05, 0.1) is 24.7 Å². The van der Waals surface area contributed by atoms with E-state index in [0.717, 1.165) is 38.0 Å². The van der Waals surface area contributed by atoms with Gasteiger partial charge in [0, 0.05) is 19.8 Å². The standard InChI is InChI=1S/C23H30N6O2/c24-21-20-13-25-29(15-18-5-3-17(4-6-18)14-28-9-1-2-10-28)22(20)27-23(26-21)31-16-19-7-11-30-12-8-19/h3-6,13,19H,1-2,7-12,14-16H2,(H2,24,26,27). The van der Waals surface area contributed by atoms with Crippen molar-refractivity contribution in [3.8, 4) is 6.01 Å². The molecule has 0 atom stereocenters. The zero-order valence-corrected chi connectivity index (χ0v) is 17.9. The van der Waals surface area contributed by atoms with Crippen molar-refractivity contribution >= 4 is 16.9 Å². The van der Waals surface area contributed by atoms with Crippen LogP contribution < -0.4 is 10.5 Å². The molecular weight excluding hydrogens is 392 g/mol. The topological polar surface area (TPSA) is 91.3 Å². The zero-order chi connectivity index (χ0) is 21.0. The number of aromatic nitrogens is 4. The molecule has 4 heterocycles. The van der Waals surface area contributed by atoms with E-state index in [1.807, 2.05) is 4.68 Å². The first-order valence-corrected chi connectivity index (χ1v) is 11.2. The number of nitrogens with zero attached hydrogens (tertiary/aromatic N) is 5. The van der Waals surface area contributed by atoms with E-state index in [1.165, 1.54) is 37.1 Å². The lowest BCUT2D eigenvalue weighted by Crippen LogP contribution is -2.22. The number of benzene rings is 1. The average Bonchev–Trinajstić information content (AvgIpc) is 3.45. The highest BCUT2D eigenvalue weighted by Crippen LogP contribution is 2.23. The molecule has 0 unspecified atom stereocenters. The van der Waals surface area contributed by atoms with Crippen molar-refractivity contribution in [3.05, 3.63) is 41.6 Å². The summed E-state index contributed by atoms with van der Waals surface area (Å²) in [5, 5.41) is 5.26. The molecular formula is C23H30N6O2. The maximum absolute atomic E-state index is 6.16. The third-order valence-corrected chi connectivity index (χ3v) is 6.25. The van der Waals surface area contributed by atoms with E-state index in [0.29, 0.717) is 36.5 Å². The van der Waals surface area contributed by atoms with Crippen molar-refractivity contribution in [1.29, 1.82) is 0 Å². The molecule has 8 nitrogen and oxygen atoms in total. The van der Waals surface area contributed by atoms with Gasteiger partial charge < -0.3 is 15.2 Å². The largest absolute Gasteiger partial charge is 0.463 e. The Kier molecular flexibility index (Phi) is 5.99. The Hall–Kier alpha value is -2.71. The van der Waals surface area contributed by atoms with Crippen LogP contribution in [0.25, 0.3) is 11.0 Å². The molecule has 2 aromatic heterocycles. The van der Waals surface area contributed by atoms with E-state index in [4.69, 9.17) is 15.2 Å². The number of hydrogen-bond donors (Lipinski definition) is 1. The third-order valence-electron chi connectivity index (χ3n) is 6.25. The third kappa shape index (κ3) is 4.80. The van der Waals surface area contributed by atoms with E-state index >= 15 is 0 Å². The Morgan fingerprint density at radius 3 is 2.45 bits per heavy atom. The van der Waals surface area contributed by atoms with Gasteiger partial charge in [0.15, 0.2) is 5.65 Å². The normalized spacial score (nSPS) is 18.1. The minimum atomic E-state index is 0.319. The SMILES string of the molecule is Nc1nc(OCC2CCOCC2)nc2c1cnn2Cc1ccc(CN2CCCC2)cc1. The second-order valence-corrected chi connectivity index (χ2v) is 8.60. The molecule has 0 amide bonds. The molecule has 3 aromatic rings. The first-order valence-electron chi connectivity index (χ1n) is 11.2. The van der Waals surface area contributed by atoms with Crippen molar-refractivity contribution in [2.45, 2.75) is 38.8 Å². The summed E-state index contributed by atoms with van der Waals surface area (Å²) in [6, 6.07) is 9.09. The van der Waals surface area contributed by atoms with E-state index < -0.39 is 0 Å². The summed E-state index contributed by atoms with van der Waals surface area (Å²) in [6.45, 7) is 6.24. The molecule has 0 radical (unpaired) electrons. The molecule has 1 aromatic carbocycles. The quantitative estimate of drug-likeness (QED) is 0.626. The van der Waals surface area contributed by atoms with E-state index in [-0.39, 0.29) is 0 Å². The molecule has 8 heteroatoms. The van der Waals surface area contributed by atoms with Crippen LogP contribution in [0.4, 0.5) is 5.82 Å². The second-order valence-electron chi connectivity index (χ2n) is 8.60. The molecule has 0 spiro atoms. The van der Waals surface area contributed by atoms with Crippen LogP contribution >= 0.6 is 0 Å². The first-order chi connectivity index (χ1) is 15.2. The fourth-order valence-electron chi connectivity index (χ4n) is 4.36. The summed E-state index contributed by atoms with van der Waals surface area (Å²) >= 11 is 0. The van der Waals surface area contributed by atoms with Gasteiger partial charge in [-0.2, -0.15) is 15.1 Å². The van der Waals surface area contributed by atoms with Gasteiger partial charge in [-0.05, 0) is 55.8 Å². The number of nitrogen functional groups attached to an aromatic ring is 1. The molecule has 5 rings (SSSR count). The summed E-state index contributed by atoms with van der Waals surface area (Å²) < 4.78 is 13.2. The maximum atomic E-state index is 6.16. The van der Waals surface area contributed by atoms with Crippen LogP contribution in [-0.2, 0) is 17.8 Å². The first kappa shape index (κ1) is 20.2. The van der Waals surface area contributed by atoms with Gasteiger partial charge in [0.25, 0.3) is 0 Å². The summed E-state index contributed by atoms with van der Waals surface area (Å²) in [7, 11) is 0. The molecule has 2 N–H and O–H groups in total. The number of nitrogens with two attached hydrogens (primary N) is 1. The minimum Gasteiger partial charge on any atom is -0.463 e. The van der Waals surface area contributed by atoms with Crippen LogP contribution in [0.5, 0.6) is 6.01 Å². The van der Waals surface area contributed by atoms with Crippen molar-refractivity contribution in [1.82, 2.24) is 24.6 Å². The van der Waals surface area contributed by atoms with E-state index in [9.17, 15) is 0 Å². The maximum Gasteiger partial charge on any atom is 0.320 e. The Morgan fingerprint density at radius 2 is 1.71 bits per heavy atom. The number of anilines is 1. The molecule has 2 aliphatic heterocycles. The van der Waals surface area contributed by atoms with Gasteiger partial charge in [-0.25, -0.2) is 4.68 Å². The fraction of sp³-hybridized carbons (Fsp3) is 0.522. The number of rotatable bonds is 7. The van der Waals surface area contributed by atoms with Gasteiger partial charge >= 0.3 is 6.01 Å². The van der Waals surface area contributed by atoms with Gasteiger partial charge in [0.1, 0.15) is 5.82 Å². The van der Waals surface area contributed by atoms with Gasteiger partial charge in [-0.15, -0.1) is 0 Å². The fourth-order valence-corrected chi connectivity index (χ4v) is 4.36. The van der Waals surface area contributed by atoms with Gasteiger partial charge in [-0.3, -0.25) is 4.90 Å². The van der Waals surface area contributed by atoms with Crippen molar-refractivity contribution in [3.63, 3.8) is 0 Å².